The van der Waals surface area contributed by atoms with Crippen molar-refractivity contribution in [3.05, 3.63) is 47.0 Å². The molecule has 0 saturated heterocycles. The standard InChI is InChI=1S/C26H29N3O6S/c1-29-13-20(18-5-6-27-23(18)24(29)30)19-9-17(28-36(2,33)34)3-4-21(19)35-26-10-14-7-15(11-26)22(25(31)32)16(8-14)12-26/h3-6,9,13-16,22,27-28H,7-8,10-12H2,1-2H3,(H,31,32). The number of fused-ring (bicyclic) bond motifs is 1. The number of hydrogen-bond donors (Lipinski definition) is 3. The predicted octanol–water partition coefficient (Wildman–Crippen LogP) is 3.56. The van der Waals surface area contributed by atoms with Crippen LogP contribution < -0.4 is 15.0 Å². The number of aromatic amines is 1. The number of aromatic nitrogens is 2. The Kier molecular flexibility index (Phi) is 5.06. The van der Waals surface area contributed by atoms with Crippen LogP contribution in [0.1, 0.15) is 32.1 Å². The Hall–Kier alpha value is -3.27. The van der Waals surface area contributed by atoms with Crippen molar-refractivity contribution in [3.63, 3.8) is 0 Å². The van der Waals surface area contributed by atoms with Gasteiger partial charge in [-0.3, -0.25) is 14.3 Å². The van der Waals surface area contributed by atoms with Crippen LogP contribution in [-0.2, 0) is 21.9 Å². The number of anilines is 1. The van der Waals surface area contributed by atoms with Crippen molar-refractivity contribution >= 4 is 32.6 Å². The number of aryl methyl sites for hydroxylation is 1. The maximum absolute atomic E-state index is 12.7. The number of rotatable bonds is 6. The molecule has 4 saturated carbocycles. The highest BCUT2D eigenvalue weighted by Gasteiger charge is 2.58. The number of pyridine rings is 1. The minimum Gasteiger partial charge on any atom is -0.487 e. The van der Waals surface area contributed by atoms with Gasteiger partial charge < -0.3 is 19.4 Å². The van der Waals surface area contributed by atoms with Gasteiger partial charge in [0.15, 0.2) is 0 Å². The molecule has 190 valence electrons. The van der Waals surface area contributed by atoms with E-state index in [9.17, 15) is 23.1 Å². The topological polar surface area (TPSA) is 130 Å². The number of sulfonamides is 1. The smallest absolute Gasteiger partial charge is 0.307 e. The second-order valence-corrected chi connectivity index (χ2v) is 12.7. The minimum absolute atomic E-state index is 0.109. The highest BCUT2D eigenvalue weighted by atomic mass is 32.2. The summed E-state index contributed by atoms with van der Waals surface area (Å²) in [7, 11) is -1.82. The number of hydrogen-bond acceptors (Lipinski definition) is 5. The first kappa shape index (κ1) is 23.1. The number of carbonyl (C=O) groups is 1. The van der Waals surface area contributed by atoms with Gasteiger partial charge in [-0.15, -0.1) is 0 Å². The Morgan fingerprint density at radius 2 is 1.89 bits per heavy atom. The van der Waals surface area contributed by atoms with Crippen LogP contribution in [0.3, 0.4) is 0 Å². The Morgan fingerprint density at radius 1 is 1.17 bits per heavy atom. The molecule has 0 spiro atoms. The molecule has 10 heteroatoms. The van der Waals surface area contributed by atoms with E-state index in [1.807, 2.05) is 6.07 Å². The molecule has 36 heavy (non-hydrogen) atoms. The van der Waals surface area contributed by atoms with E-state index in [4.69, 9.17) is 4.74 Å². The van der Waals surface area contributed by atoms with Crippen LogP contribution in [0.5, 0.6) is 5.75 Å². The largest absolute Gasteiger partial charge is 0.487 e. The van der Waals surface area contributed by atoms with E-state index in [0.717, 1.165) is 36.5 Å². The van der Waals surface area contributed by atoms with Crippen LogP contribution in [0.25, 0.3) is 22.0 Å². The lowest BCUT2D eigenvalue weighted by Gasteiger charge is -2.58. The van der Waals surface area contributed by atoms with Gasteiger partial charge in [-0.05, 0) is 74.1 Å². The Bertz CT molecular complexity index is 1540. The van der Waals surface area contributed by atoms with Crippen molar-refractivity contribution in [1.29, 1.82) is 0 Å². The van der Waals surface area contributed by atoms with Crippen LogP contribution >= 0.6 is 0 Å². The van der Waals surface area contributed by atoms with Crippen molar-refractivity contribution < 1.29 is 23.1 Å². The molecule has 0 aliphatic heterocycles. The molecule has 4 aliphatic carbocycles. The van der Waals surface area contributed by atoms with Gasteiger partial charge in [-0.25, -0.2) is 8.42 Å². The fourth-order valence-electron chi connectivity index (χ4n) is 7.30. The van der Waals surface area contributed by atoms with E-state index in [1.165, 1.54) is 4.57 Å². The van der Waals surface area contributed by atoms with Gasteiger partial charge in [0.05, 0.1) is 12.2 Å². The zero-order valence-electron chi connectivity index (χ0n) is 20.2. The van der Waals surface area contributed by atoms with Crippen molar-refractivity contribution in [3.8, 4) is 16.9 Å². The van der Waals surface area contributed by atoms with Gasteiger partial charge in [0.1, 0.15) is 16.9 Å². The molecule has 1 aromatic carbocycles. The summed E-state index contributed by atoms with van der Waals surface area (Å²) in [6, 6.07) is 7.02. The average Bonchev–Trinajstić information content (AvgIpc) is 3.25. The first-order valence-electron chi connectivity index (χ1n) is 12.2. The van der Waals surface area contributed by atoms with Crippen LogP contribution in [0, 0.1) is 23.7 Å². The molecule has 2 aromatic heterocycles. The maximum atomic E-state index is 12.7. The number of ether oxygens (including phenoxy) is 1. The summed E-state index contributed by atoms with van der Waals surface area (Å²) in [5, 5.41) is 10.6. The molecule has 3 N–H and O–H groups in total. The molecule has 2 heterocycles. The molecule has 4 bridgehead atoms. The van der Waals surface area contributed by atoms with Crippen LogP contribution in [0.4, 0.5) is 5.69 Å². The lowest BCUT2D eigenvalue weighted by molar-refractivity contribution is -0.171. The summed E-state index contributed by atoms with van der Waals surface area (Å²) in [4.78, 5) is 27.6. The average molecular weight is 512 g/mol. The summed E-state index contributed by atoms with van der Waals surface area (Å²) < 4.78 is 34.8. The fourth-order valence-corrected chi connectivity index (χ4v) is 7.86. The third kappa shape index (κ3) is 3.78. The number of nitrogens with zero attached hydrogens (tertiary/aromatic N) is 1. The highest BCUT2D eigenvalue weighted by Crippen LogP contribution is 2.60. The summed E-state index contributed by atoms with van der Waals surface area (Å²) >= 11 is 0. The number of benzene rings is 1. The van der Waals surface area contributed by atoms with Crippen LogP contribution in [-0.4, -0.2) is 40.9 Å². The molecule has 7 rings (SSSR count). The first-order valence-corrected chi connectivity index (χ1v) is 14.1. The molecule has 4 aliphatic rings. The zero-order chi connectivity index (χ0) is 25.4. The molecule has 9 nitrogen and oxygen atoms in total. The van der Waals surface area contributed by atoms with Crippen LogP contribution in [0.15, 0.2) is 41.5 Å². The van der Waals surface area contributed by atoms with E-state index in [-0.39, 0.29) is 23.3 Å². The van der Waals surface area contributed by atoms with E-state index in [0.29, 0.717) is 41.3 Å². The van der Waals surface area contributed by atoms with Gasteiger partial charge in [0.2, 0.25) is 10.0 Å². The van der Waals surface area contributed by atoms with E-state index in [1.54, 1.807) is 37.6 Å². The van der Waals surface area contributed by atoms with Gasteiger partial charge in [0.25, 0.3) is 5.56 Å². The molecular weight excluding hydrogens is 482 g/mol. The molecule has 0 amide bonds. The lowest BCUT2D eigenvalue weighted by atomic mass is 9.50. The van der Waals surface area contributed by atoms with E-state index < -0.39 is 21.6 Å². The zero-order valence-corrected chi connectivity index (χ0v) is 21.0. The lowest BCUT2D eigenvalue weighted by Crippen LogP contribution is -2.58. The minimum atomic E-state index is -3.50. The molecule has 2 atom stereocenters. The third-order valence-corrected chi connectivity index (χ3v) is 8.90. The molecule has 2 unspecified atom stereocenters. The van der Waals surface area contributed by atoms with Gasteiger partial charge in [0, 0.05) is 41.6 Å². The Labute approximate surface area is 208 Å². The summed E-state index contributed by atoms with van der Waals surface area (Å²) in [6.45, 7) is 0. The molecular formula is C26H29N3O6S. The first-order chi connectivity index (χ1) is 17.0. The predicted molar refractivity (Wildman–Crippen MR) is 135 cm³/mol. The number of aliphatic carboxylic acids is 1. The normalized spacial score (nSPS) is 28.9. The van der Waals surface area contributed by atoms with Crippen molar-refractivity contribution in [1.82, 2.24) is 9.55 Å². The van der Waals surface area contributed by atoms with Gasteiger partial charge in [-0.2, -0.15) is 0 Å². The summed E-state index contributed by atoms with van der Waals surface area (Å²) in [6.07, 6.45) is 8.72. The van der Waals surface area contributed by atoms with Gasteiger partial charge in [-0.1, -0.05) is 0 Å². The SMILES string of the molecule is Cn1cc(-c2cc(NS(C)(=O)=O)ccc2OC23CC4CC(C2)C(C(=O)O)C(C4)C3)c2cc[nH]c2c1=O. The van der Waals surface area contributed by atoms with Gasteiger partial charge >= 0.3 is 5.97 Å². The molecule has 0 radical (unpaired) electrons. The number of carboxylic acids is 1. The maximum Gasteiger partial charge on any atom is 0.307 e. The fraction of sp³-hybridized carbons (Fsp3) is 0.462. The quantitative estimate of drug-likeness (QED) is 0.464. The second-order valence-electron chi connectivity index (χ2n) is 10.9. The Morgan fingerprint density at radius 3 is 2.56 bits per heavy atom. The summed E-state index contributed by atoms with van der Waals surface area (Å²) in [5.74, 6) is 0.276. The van der Waals surface area contributed by atoms with E-state index >= 15 is 0 Å². The molecule has 3 aromatic rings. The third-order valence-electron chi connectivity index (χ3n) is 8.30. The van der Waals surface area contributed by atoms with E-state index in [2.05, 4.69) is 9.71 Å². The second kappa shape index (κ2) is 7.86. The monoisotopic (exact) mass is 511 g/mol. The number of H-pyrrole nitrogens is 1. The van der Waals surface area contributed by atoms with Crippen molar-refractivity contribution in [2.24, 2.45) is 30.7 Å². The highest BCUT2D eigenvalue weighted by molar-refractivity contribution is 7.92. The summed E-state index contributed by atoms with van der Waals surface area (Å²) in [5.41, 5.74) is 1.67. The van der Waals surface area contributed by atoms with Crippen molar-refractivity contribution in [2.45, 2.75) is 37.7 Å². The number of carboxylic acid groups (broad SMARTS) is 1. The van der Waals surface area contributed by atoms with Crippen LogP contribution in [0.2, 0.25) is 0 Å². The molecule has 4 fully saturated rings. The Balaban J connectivity index is 1.46. The number of nitrogens with one attached hydrogen (secondary N) is 2. The van der Waals surface area contributed by atoms with Crippen molar-refractivity contribution in [2.75, 3.05) is 11.0 Å².